The average Bonchev–Trinajstić information content (AvgIpc) is 2.69. The molecule has 0 saturated carbocycles. The molecule has 0 saturated heterocycles. The standard InChI is InChI=1S/C21H24N2O2.BF4/c1-23(2)14-6-13-22-19-15-21(16-9-11-17(24-3)12-10-16)25-20-8-5-4-7-18(19)20;2-1(3,4)5/h4-5,7-12,15H,6,13-14H2,1-3H3;/q;-1/p+1. The zero-order valence-corrected chi connectivity index (χ0v) is 17.2. The maximum atomic E-state index is 9.75. The van der Waals surface area contributed by atoms with Crippen LogP contribution in [0.1, 0.15) is 6.42 Å². The van der Waals surface area contributed by atoms with Crippen molar-refractivity contribution in [1.82, 2.24) is 4.90 Å². The van der Waals surface area contributed by atoms with Crippen LogP contribution in [0.4, 0.5) is 17.3 Å². The number of nitrogens with zero attached hydrogens (tertiary/aromatic N) is 1. The molecule has 3 rings (SSSR count). The van der Waals surface area contributed by atoms with E-state index in [1.807, 2.05) is 42.5 Å². The predicted octanol–water partition coefficient (Wildman–Crippen LogP) is 3.34. The minimum atomic E-state index is -6.00. The van der Waals surface area contributed by atoms with E-state index in [-0.39, 0.29) is 0 Å². The molecule has 4 nitrogen and oxygen atoms in total. The van der Waals surface area contributed by atoms with Gasteiger partial charge in [-0.2, -0.15) is 0 Å². The molecule has 0 bridgehead atoms. The number of hydrogen-bond acceptors (Lipinski definition) is 3. The van der Waals surface area contributed by atoms with Crippen LogP contribution in [-0.2, 0) is 0 Å². The van der Waals surface area contributed by atoms with Gasteiger partial charge in [0.2, 0.25) is 5.36 Å². The zero-order valence-electron chi connectivity index (χ0n) is 17.2. The Morgan fingerprint density at radius 2 is 1.63 bits per heavy atom. The van der Waals surface area contributed by atoms with Crippen molar-refractivity contribution in [3.05, 3.63) is 60.0 Å². The van der Waals surface area contributed by atoms with Crippen molar-refractivity contribution in [2.24, 2.45) is 0 Å². The van der Waals surface area contributed by atoms with E-state index in [1.54, 1.807) is 7.11 Å². The van der Waals surface area contributed by atoms with Crippen molar-refractivity contribution < 1.29 is 31.4 Å². The van der Waals surface area contributed by atoms with Crippen molar-refractivity contribution in [2.75, 3.05) is 34.3 Å². The van der Waals surface area contributed by atoms with E-state index in [0.29, 0.717) is 0 Å². The molecule has 0 aliphatic carbocycles. The molecule has 2 aromatic carbocycles. The van der Waals surface area contributed by atoms with E-state index in [1.165, 1.54) is 0 Å². The van der Waals surface area contributed by atoms with Crippen LogP contribution in [0.15, 0.2) is 59.0 Å². The Morgan fingerprint density at radius 1 is 1.00 bits per heavy atom. The summed E-state index contributed by atoms with van der Waals surface area (Å²) in [5.41, 5.74) is 1.91. The van der Waals surface area contributed by atoms with E-state index < -0.39 is 7.25 Å². The third-order valence-corrected chi connectivity index (χ3v) is 4.14. The first-order valence-electron chi connectivity index (χ1n) is 9.43. The minimum Gasteiger partial charge on any atom is -0.497 e. The largest absolute Gasteiger partial charge is 0.673 e. The van der Waals surface area contributed by atoms with Crippen LogP contribution in [-0.4, -0.2) is 46.4 Å². The summed E-state index contributed by atoms with van der Waals surface area (Å²) in [5, 5.41) is 2.20. The third kappa shape index (κ3) is 7.90. The van der Waals surface area contributed by atoms with Crippen molar-refractivity contribution in [1.29, 1.82) is 0 Å². The lowest BCUT2D eigenvalue weighted by Gasteiger charge is -2.06. The van der Waals surface area contributed by atoms with Gasteiger partial charge in [0.15, 0.2) is 0 Å². The van der Waals surface area contributed by atoms with Crippen molar-refractivity contribution in [2.45, 2.75) is 6.42 Å². The van der Waals surface area contributed by atoms with E-state index in [0.717, 1.165) is 52.9 Å². The molecule has 30 heavy (non-hydrogen) atoms. The fourth-order valence-corrected chi connectivity index (χ4v) is 2.80. The third-order valence-electron chi connectivity index (χ3n) is 4.14. The summed E-state index contributed by atoms with van der Waals surface area (Å²) in [5.74, 6) is 1.68. The summed E-state index contributed by atoms with van der Waals surface area (Å²) in [6.45, 7) is 1.99. The monoisotopic (exact) mass is 424 g/mol. The van der Waals surface area contributed by atoms with Crippen LogP contribution < -0.4 is 15.1 Å². The molecule has 162 valence electrons. The lowest BCUT2D eigenvalue weighted by molar-refractivity contribution is -0.499. The summed E-state index contributed by atoms with van der Waals surface area (Å²) in [6, 6.07) is 18.1. The van der Waals surface area contributed by atoms with Gasteiger partial charge >= 0.3 is 7.25 Å². The number of halogens is 4. The Morgan fingerprint density at radius 3 is 2.23 bits per heavy atom. The second-order valence-corrected chi connectivity index (χ2v) is 6.83. The number of benzene rings is 2. The molecule has 0 aliphatic heterocycles. The highest BCUT2D eigenvalue weighted by molar-refractivity contribution is 6.50. The van der Waals surface area contributed by atoms with Crippen molar-refractivity contribution >= 4 is 18.2 Å². The van der Waals surface area contributed by atoms with Gasteiger partial charge in [-0.1, -0.05) is 12.1 Å². The first-order valence-corrected chi connectivity index (χ1v) is 9.43. The summed E-state index contributed by atoms with van der Waals surface area (Å²) in [4.78, 5) is 5.76. The number of nitrogens with one attached hydrogen (secondary N) is 1. The molecule has 0 unspecified atom stereocenters. The fourth-order valence-electron chi connectivity index (χ4n) is 2.80. The van der Waals surface area contributed by atoms with E-state index in [4.69, 9.17) is 9.15 Å². The first kappa shape index (κ1) is 23.5. The van der Waals surface area contributed by atoms with Gasteiger partial charge in [-0.15, -0.1) is 0 Å². The number of rotatable bonds is 6. The molecule has 1 N–H and O–H groups in total. The van der Waals surface area contributed by atoms with Gasteiger partial charge in [-0.3, -0.25) is 0 Å². The van der Waals surface area contributed by atoms with Crippen LogP contribution >= 0.6 is 0 Å². The van der Waals surface area contributed by atoms with Gasteiger partial charge in [0.25, 0.3) is 0 Å². The number of ether oxygens (including phenoxy) is 1. The predicted molar refractivity (Wildman–Crippen MR) is 111 cm³/mol. The van der Waals surface area contributed by atoms with Crippen molar-refractivity contribution in [3.63, 3.8) is 0 Å². The number of hydrogen-bond donors (Lipinski definition) is 1. The normalized spacial score (nSPS) is 12.1. The summed E-state index contributed by atoms with van der Waals surface area (Å²) < 4.78 is 50.4. The van der Waals surface area contributed by atoms with Crippen molar-refractivity contribution in [3.8, 4) is 17.1 Å². The van der Waals surface area contributed by atoms with Crippen LogP contribution in [0.2, 0.25) is 0 Å². The molecular formula is C21H25BF4N2O2. The molecule has 0 radical (unpaired) electrons. The highest BCUT2D eigenvalue weighted by Gasteiger charge is 2.20. The highest BCUT2D eigenvalue weighted by atomic mass is 19.5. The van der Waals surface area contributed by atoms with E-state index in [9.17, 15) is 17.3 Å². The van der Waals surface area contributed by atoms with Gasteiger partial charge in [-0.25, -0.2) is 4.99 Å². The number of para-hydroxylation sites is 1. The van der Waals surface area contributed by atoms with Crippen LogP contribution in [0.25, 0.3) is 22.3 Å². The second-order valence-electron chi connectivity index (χ2n) is 6.83. The summed E-state index contributed by atoms with van der Waals surface area (Å²) in [6.07, 6.45) is 1.09. The van der Waals surface area contributed by atoms with Gasteiger partial charge in [-0.05, 0) is 50.5 Å². The smallest absolute Gasteiger partial charge is 0.497 e. The molecule has 0 spiro atoms. The maximum Gasteiger partial charge on any atom is 0.673 e. The van der Waals surface area contributed by atoms with E-state index in [2.05, 4.69) is 36.1 Å². The molecule has 9 heteroatoms. The Kier molecular flexibility index (Phi) is 8.47. The summed E-state index contributed by atoms with van der Waals surface area (Å²) in [7, 11) is -0.137. The van der Waals surface area contributed by atoms with Gasteiger partial charge in [0.05, 0.1) is 18.6 Å². The quantitative estimate of drug-likeness (QED) is 0.375. The van der Waals surface area contributed by atoms with Gasteiger partial charge < -0.3 is 31.3 Å². The lowest BCUT2D eigenvalue weighted by Crippen LogP contribution is -2.77. The summed E-state index contributed by atoms with van der Waals surface area (Å²) >= 11 is 0. The molecule has 0 atom stereocenters. The second kappa shape index (κ2) is 10.8. The van der Waals surface area contributed by atoms with Crippen LogP contribution in [0.5, 0.6) is 5.75 Å². The minimum absolute atomic E-state index is 0.839. The molecule has 3 aromatic rings. The SMILES string of the molecule is COc1ccc(-c2cc(=[NH+]CCCN(C)C)c3ccccc3o2)cc1.F[B-](F)(F)F. The molecule has 0 fully saturated rings. The van der Waals surface area contributed by atoms with Gasteiger partial charge in [0, 0.05) is 18.5 Å². The lowest BCUT2D eigenvalue weighted by atomic mass is 10.1. The molecule has 1 aromatic heterocycles. The Balaban J connectivity index is 0.000000575. The van der Waals surface area contributed by atoms with Crippen LogP contribution in [0, 0.1) is 0 Å². The Labute approximate surface area is 172 Å². The number of fused-ring (bicyclic) bond motifs is 1. The maximum absolute atomic E-state index is 9.75. The first-order chi connectivity index (χ1) is 14.2. The highest BCUT2D eigenvalue weighted by Crippen LogP contribution is 2.23. The molecule has 1 heterocycles. The zero-order chi connectivity index (χ0) is 22.1. The average molecular weight is 424 g/mol. The Hall–Kier alpha value is -2.81. The molecule has 0 aliphatic rings. The Bertz CT molecular complexity index is 996. The fraction of sp³-hybridized carbons (Fsp3) is 0.286. The van der Waals surface area contributed by atoms with E-state index >= 15 is 0 Å². The van der Waals surface area contributed by atoms with Gasteiger partial charge in [0.1, 0.15) is 23.6 Å². The molecule has 0 amide bonds. The van der Waals surface area contributed by atoms with Crippen LogP contribution in [0.3, 0.4) is 0 Å². The molecular weight excluding hydrogens is 399 g/mol. The topological polar surface area (TPSA) is 39.6 Å². The number of methoxy groups -OCH3 is 1.